The van der Waals surface area contributed by atoms with Crippen LogP contribution < -0.4 is 5.73 Å². The van der Waals surface area contributed by atoms with E-state index in [1.807, 2.05) is 25.1 Å². The number of aliphatic hydroxyl groups excluding tert-OH is 1. The molecule has 2 rings (SSSR count). The second-order valence-electron chi connectivity index (χ2n) is 5.61. The molecule has 1 aliphatic heterocycles. The van der Waals surface area contributed by atoms with Gasteiger partial charge in [0.1, 0.15) is 0 Å². The molecule has 1 fully saturated rings. The predicted molar refractivity (Wildman–Crippen MR) is 79.2 cm³/mol. The van der Waals surface area contributed by atoms with Gasteiger partial charge in [0.2, 0.25) is 0 Å². The van der Waals surface area contributed by atoms with Gasteiger partial charge in [-0.1, -0.05) is 30.7 Å². The van der Waals surface area contributed by atoms with Gasteiger partial charge in [-0.3, -0.25) is 4.90 Å². The maximum Gasteiger partial charge on any atom is 0.0589 e. The number of hydrogen-bond acceptors (Lipinski definition) is 3. The van der Waals surface area contributed by atoms with Crippen molar-refractivity contribution in [1.82, 2.24) is 4.90 Å². The molecule has 0 radical (unpaired) electrons. The van der Waals surface area contributed by atoms with Crippen LogP contribution in [0.15, 0.2) is 24.3 Å². The molecule has 0 amide bonds. The van der Waals surface area contributed by atoms with E-state index in [9.17, 15) is 5.11 Å². The Morgan fingerprint density at radius 2 is 2.26 bits per heavy atom. The number of nitrogens with two attached hydrogens (primary N) is 1. The molecule has 106 valence electrons. The third-order valence-electron chi connectivity index (χ3n) is 4.16. The average Bonchev–Trinajstić information content (AvgIpc) is 2.70. The number of hydrogen-bond donors (Lipinski definition) is 2. The van der Waals surface area contributed by atoms with Crippen LogP contribution in [0.25, 0.3) is 0 Å². The largest absolute Gasteiger partial charge is 0.395 e. The van der Waals surface area contributed by atoms with Crippen LogP contribution in [0.3, 0.4) is 0 Å². The summed E-state index contributed by atoms with van der Waals surface area (Å²) in [5, 5.41) is 10.4. The number of nitrogens with zero attached hydrogens (tertiary/aromatic N) is 1. The van der Waals surface area contributed by atoms with Gasteiger partial charge in [-0.25, -0.2) is 0 Å². The van der Waals surface area contributed by atoms with Crippen LogP contribution in [0.5, 0.6) is 0 Å². The molecule has 1 aromatic rings. The highest BCUT2D eigenvalue weighted by Crippen LogP contribution is 2.34. The summed E-state index contributed by atoms with van der Waals surface area (Å²) in [5.74, 6) is 0.505. The summed E-state index contributed by atoms with van der Waals surface area (Å²) in [4.78, 5) is 2.33. The maximum absolute atomic E-state index is 9.63. The Morgan fingerprint density at radius 3 is 2.84 bits per heavy atom. The Balaban J connectivity index is 2.30. The molecule has 4 heteroatoms. The van der Waals surface area contributed by atoms with Gasteiger partial charge in [-0.05, 0) is 43.5 Å². The van der Waals surface area contributed by atoms with Crippen molar-refractivity contribution >= 4 is 11.6 Å². The summed E-state index contributed by atoms with van der Waals surface area (Å²) in [5.41, 5.74) is 7.33. The van der Waals surface area contributed by atoms with Crippen LogP contribution in [0, 0.1) is 5.92 Å². The Morgan fingerprint density at radius 1 is 1.53 bits per heavy atom. The fourth-order valence-corrected chi connectivity index (χ4v) is 3.35. The summed E-state index contributed by atoms with van der Waals surface area (Å²) in [6.45, 7) is 5.37. The van der Waals surface area contributed by atoms with Crippen molar-refractivity contribution in [1.29, 1.82) is 0 Å². The van der Waals surface area contributed by atoms with Crippen molar-refractivity contribution in [2.45, 2.75) is 38.4 Å². The zero-order valence-electron chi connectivity index (χ0n) is 11.6. The van der Waals surface area contributed by atoms with E-state index < -0.39 is 0 Å². The van der Waals surface area contributed by atoms with Crippen LogP contribution >= 0.6 is 11.6 Å². The highest BCUT2D eigenvalue weighted by atomic mass is 35.5. The van der Waals surface area contributed by atoms with Crippen molar-refractivity contribution in [3.05, 3.63) is 34.9 Å². The molecule has 19 heavy (non-hydrogen) atoms. The molecule has 4 unspecified atom stereocenters. The first-order chi connectivity index (χ1) is 9.04. The number of likely N-dealkylation sites (tertiary alicyclic amines) is 1. The van der Waals surface area contributed by atoms with Crippen LogP contribution in [-0.2, 0) is 0 Å². The molecule has 4 atom stereocenters. The first kappa shape index (κ1) is 14.8. The van der Waals surface area contributed by atoms with Crippen molar-refractivity contribution in [3.8, 4) is 0 Å². The normalized spacial score (nSPS) is 27.4. The van der Waals surface area contributed by atoms with E-state index >= 15 is 0 Å². The minimum atomic E-state index is -0.00202. The zero-order valence-corrected chi connectivity index (χ0v) is 12.3. The number of halogens is 1. The standard InChI is InChI=1S/C15H23ClN2O/c1-10-6-7-18(14(10)9-19)15(11(2)17)12-4-3-5-13(16)8-12/h3-5,8,10-11,14-15,19H,6-7,9,17H2,1-2H3. The first-order valence-corrected chi connectivity index (χ1v) is 7.30. The molecule has 0 saturated carbocycles. The van der Waals surface area contributed by atoms with Crippen LogP contribution in [0.1, 0.15) is 31.9 Å². The number of rotatable bonds is 4. The van der Waals surface area contributed by atoms with E-state index in [4.69, 9.17) is 17.3 Å². The molecule has 3 N–H and O–H groups in total. The SMILES string of the molecule is CC(N)C(c1cccc(Cl)c1)N1CCC(C)C1CO. The van der Waals surface area contributed by atoms with Gasteiger partial charge >= 0.3 is 0 Å². The first-order valence-electron chi connectivity index (χ1n) is 6.92. The highest BCUT2D eigenvalue weighted by molar-refractivity contribution is 6.30. The molecule has 0 spiro atoms. The van der Waals surface area contributed by atoms with E-state index in [-0.39, 0.29) is 24.7 Å². The van der Waals surface area contributed by atoms with E-state index in [0.29, 0.717) is 5.92 Å². The van der Waals surface area contributed by atoms with Gasteiger partial charge in [0.25, 0.3) is 0 Å². The lowest BCUT2D eigenvalue weighted by Crippen LogP contribution is -2.44. The van der Waals surface area contributed by atoms with E-state index in [0.717, 1.165) is 23.6 Å². The van der Waals surface area contributed by atoms with Gasteiger partial charge in [-0.2, -0.15) is 0 Å². The van der Waals surface area contributed by atoms with Crippen LogP contribution in [0.4, 0.5) is 0 Å². The lowest BCUT2D eigenvalue weighted by atomic mass is 9.97. The molecule has 1 aliphatic rings. The molecule has 0 aromatic heterocycles. The van der Waals surface area contributed by atoms with Gasteiger partial charge in [0, 0.05) is 17.1 Å². The molecule has 3 nitrogen and oxygen atoms in total. The lowest BCUT2D eigenvalue weighted by molar-refractivity contribution is 0.0928. The molecular weight excluding hydrogens is 260 g/mol. The van der Waals surface area contributed by atoms with Crippen molar-refractivity contribution in [3.63, 3.8) is 0 Å². The summed E-state index contributed by atoms with van der Waals surface area (Å²) in [7, 11) is 0. The molecule has 0 bridgehead atoms. The van der Waals surface area contributed by atoms with Crippen molar-refractivity contribution in [2.75, 3.05) is 13.2 Å². The van der Waals surface area contributed by atoms with Gasteiger partial charge in [0.15, 0.2) is 0 Å². The van der Waals surface area contributed by atoms with Crippen molar-refractivity contribution in [2.24, 2.45) is 11.7 Å². The van der Waals surface area contributed by atoms with E-state index in [1.54, 1.807) is 0 Å². The number of aliphatic hydroxyl groups is 1. The summed E-state index contributed by atoms with van der Waals surface area (Å²) in [6.07, 6.45) is 1.11. The molecule has 1 heterocycles. The second kappa shape index (κ2) is 6.23. The fraction of sp³-hybridized carbons (Fsp3) is 0.600. The fourth-order valence-electron chi connectivity index (χ4n) is 3.16. The van der Waals surface area contributed by atoms with E-state index in [1.165, 1.54) is 0 Å². The van der Waals surface area contributed by atoms with Crippen molar-refractivity contribution < 1.29 is 5.11 Å². The Bertz CT molecular complexity index is 424. The molecule has 1 saturated heterocycles. The minimum absolute atomic E-state index is 0.00202. The van der Waals surface area contributed by atoms with Gasteiger partial charge in [-0.15, -0.1) is 0 Å². The monoisotopic (exact) mass is 282 g/mol. The Labute approximate surface area is 120 Å². The predicted octanol–water partition coefficient (Wildman–Crippen LogP) is 2.43. The van der Waals surface area contributed by atoms with Gasteiger partial charge in [0.05, 0.1) is 12.6 Å². The summed E-state index contributed by atoms with van der Waals surface area (Å²) < 4.78 is 0. The number of benzene rings is 1. The summed E-state index contributed by atoms with van der Waals surface area (Å²) >= 11 is 6.09. The lowest BCUT2D eigenvalue weighted by Gasteiger charge is -2.36. The van der Waals surface area contributed by atoms with Crippen LogP contribution in [-0.4, -0.2) is 35.2 Å². The van der Waals surface area contributed by atoms with E-state index in [2.05, 4.69) is 17.9 Å². The zero-order chi connectivity index (χ0) is 14.0. The van der Waals surface area contributed by atoms with Gasteiger partial charge < -0.3 is 10.8 Å². The smallest absolute Gasteiger partial charge is 0.0589 e. The minimum Gasteiger partial charge on any atom is -0.395 e. The maximum atomic E-state index is 9.63. The summed E-state index contributed by atoms with van der Waals surface area (Å²) in [6, 6.07) is 8.18. The Kier molecular flexibility index (Phi) is 4.85. The highest BCUT2D eigenvalue weighted by Gasteiger charge is 2.37. The second-order valence-corrected chi connectivity index (χ2v) is 6.05. The van der Waals surface area contributed by atoms with Crippen LogP contribution in [0.2, 0.25) is 5.02 Å². The molecule has 0 aliphatic carbocycles. The molecule has 1 aromatic carbocycles. The average molecular weight is 283 g/mol. The topological polar surface area (TPSA) is 49.5 Å². The Hall–Kier alpha value is -0.610. The quantitative estimate of drug-likeness (QED) is 0.892. The molecular formula is C15H23ClN2O. The third-order valence-corrected chi connectivity index (χ3v) is 4.39. The third kappa shape index (κ3) is 3.11.